The van der Waals surface area contributed by atoms with Gasteiger partial charge in [0.2, 0.25) is 0 Å². The van der Waals surface area contributed by atoms with Crippen molar-refractivity contribution < 1.29 is 9.53 Å². The van der Waals surface area contributed by atoms with Gasteiger partial charge < -0.3 is 14.5 Å². The minimum atomic E-state index is -0.445. The zero-order chi connectivity index (χ0) is 17.3. The van der Waals surface area contributed by atoms with Crippen molar-refractivity contribution >= 4 is 6.09 Å². The Morgan fingerprint density at radius 3 is 2.43 bits per heavy atom. The zero-order valence-electron chi connectivity index (χ0n) is 15.3. The van der Waals surface area contributed by atoms with Crippen molar-refractivity contribution in [2.75, 3.05) is 19.6 Å². The molecule has 2 aliphatic heterocycles. The van der Waals surface area contributed by atoms with Gasteiger partial charge in [0.25, 0.3) is 0 Å². The third-order valence-corrected chi connectivity index (χ3v) is 4.83. The third-order valence-electron chi connectivity index (χ3n) is 4.83. The number of ether oxygens (including phenoxy) is 1. The standard InChI is InChI=1S/C18H31N3O2/c1-17(2,3)23-16(22)21-14-6-7-15(21)12-20(10-8-14)11-9-18(4,5)13-19/h14-15H,6-12H2,1-5H3/t14-,15+/m1/s1. The molecule has 2 saturated heterocycles. The summed E-state index contributed by atoms with van der Waals surface area (Å²) in [5, 5.41) is 9.17. The predicted octanol–water partition coefficient (Wildman–Crippen LogP) is 3.40. The lowest BCUT2D eigenvalue weighted by molar-refractivity contribution is 0.0152. The Hall–Kier alpha value is -1.28. The van der Waals surface area contributed by atoms with E-state index < -0.39 is 5.60 Å². The van der Waals surface area contributed by atoms with Crippen molar-refractivity contribution in [2.45, 2.75) is 78.0 Å². The third kappa shape index (κ3) is 4.84. The molecular formula is C18H31N3O2. The Bertz CT molecular complexity index is 476. The van der Waals surface area contributed by atoms with Crippen LogP contribution in [0.25, 0.3) is 0 Å². The van der Waals surface area contributed by atoms with E-state index in [2.05, 4.69) is 11.0 Å². The van der Waals surface area contributed by atoms with Crippen LogP contribution in [0.3, 0.4) is 0 Å². The molecule has 5 nitrogen and oxygen atoms in total. The summed E-state index contributed by atoms with van der Waals surface area (Å²) in [6.07, 6.45) is 3.85. The Kier molecular flexibility index (Phi) is 5.25. The first kappa shape index (κ1) is 18.1. The van der Waals surface area contributed by atoms with E-state index in [1.807, 2.05) is 39.5 Å². The highest BCUT2D eigenvalue weighted by Crippen LogP contribution is 2.32. The SMILES string of the molecule is CC(C)(C#N)CCN1CC[C@H]2CC[C@@H](C1)N2C(=O)OC(C)(C)C. The molecule has 2 rings (SSSR count). The predicted molar refractivity (Wildman–Crippen MR) is 90.0 cm³/mol. The summed E-state index contributed by atoms with van der Waals surface area (Å²) >= 11 is 0. The van der Waals surface area contributed by atoms with Crippen molar-refractivity contribution in [3.8, 4) is 6.07 Å². The average molecular weight is 321 g/mol. The molecule has 2 atom stereocenters. The van der Waals surface area contributed by atoms with Crippen LogP contribution in [0, 0.1) is 16.7 Å². The van der Waals surface area contributed by atoms with Crippen LogP contribution in [0.4, 0.5) is 4.79 Å². The highest BCUT2D eigenvalue weighted by atomic mass is 16.6. The van der Waals surface area contributed by atoms with Crippen molar-refractivity contribution in [3.63, 3.8) is 0 Å². The van der Waals surface area contributed by atoms with Crippen molar-refractivity contribution in [1.82, 2.24) is 9.80 Å². The Morgan fingerprint density at radius 1 is 1.17 bits per heavy atom. The van der Waals surface area contributed by atoms with Gasteiger partial charge in [-0.15, -0.1) is 0 Å². The minimum absolute atomic E-state index is 0.163. The summed E-state index contributed by atoms with van der Waals surface area (Å²) < 4.78 is 5.61. The van der Waals surface area contributed by atoms with Gasteiger partial charge in [-0.2, -0.15) is 5.26 Å². The largest absolute Gasteiger partial charge is 0.444 e. The van der Waals surface area contributed by atoms with Crippen molar-refractivity contribution in [1.29, 1.82) is 5.26 Å². The first-order valence-electron chi connectivity index (χ1n) is 8.76. The maximum Gasteiger partial charge on any atom is 0.410 e. The van der Waals surface area contributed by atoms with Gasteiger partial charge in [0.1, 0.15) is 5.60 Å². The molecule has 5 heteroatoms. The number of likely N-dealkylation sites (tertiary alicyclic amines) is 1. The average Bonchev–Trinajstić information content (AvgIpc) is 2.71. The Morgan fingerprint density at radius 2 is 1.83 bits per heavy atom. The van der Waals surface area contributed by atoms with Gasteiger partial charge in [-0.1, -0.05) is 0 Å². The molecule has 0 aromatic heterocycles. The summed E-state index contributed by atoms with van der Waals surface area (Å²) in [6, 6.07) is 2.93. The number of nitrogens with zero attached hydrogens (tertiary/aromatic N) is 3. The molecule has 0 unspecified atom stereocenters. The molecule has 2 fully saturated rings. The number of carbonyl (C=O) groups excluding carboxylic acids is 1. The number of hydrogen-bond acceptors (Lipinski definition) is 4. The zero-order valence-corrected chi connectivity index (χ0v) is 15.3. The highest BCUT2D eigenvalue weighted by Gasteiger charge is 2.41. The smallest absolute Gasteiger partial charge is 0.410 e. The molecule has 23 heavy (non-hydrogen) atoms. The monoisotopic (exact) mass is 321 g/mol. The molecule has 2 bridgehead atoms. The summed E-state index contributed by atoms with van der Waals surface area (Å²) in [5.74, 6) is 0. The van der Waals surface area contributed by atoms with Crippen LogP contribution in [-0.4, -0.2) is 53.2 Å². The minimum Gasteiger partial charge on any atom is -0.444 e. The first-order valence-corrected chi connectivity index (χ1v) is 8.76. The van der Waals surface area contributed by atoms with Crippen molar-refractivity contribution in [3.05, 3.63) is 0 Å². The van der Waals surface area contributed by atoms with E-state index in [4.69, 9.17) is 10.00 Å². The lowest BCUT2D eigenvalue weighted by atomic mass is 9.91. The van der Waals surface area contributed by atoms with Crippen LogP contribution in [0.5, 0.6) is 0 Å². The van der Waals surface area contributed by atoms with E-state index in [-0.39, 0.29) is 17.6 Å². The second-order valence-corrected chi connectivity index (χ2v) is 8.61. The summed E-state index contributed by atoms with van der Waals surface area (Å²) in [4.78, 5) is 16.9. The number of hydrogen-bond donors (Lipinski definition) is 0. The molecule has 2 heterocycles. The van der Waals surface area contributed by atoms with Crippen LogP contribution in [0.15, 0.2) is 0 Å². The van der Waals surface area contributed by atoms with Gasteiger partial charge in [-0.05, 0) is 66.8 Å². The van der Waals surface area contributed by atoms with Crippen LogP contribution < -0.4 is 0 Å². The number of rotatable bonds is 3. The van der Waals surface area contributed by atoms with Crippen LogP contribution in [0.1, 0.15) is 60.3 Å². The fraction of sp³-hybridized carbons (Fsp3) is 0.889. The highest BCUT2D eigenvalue weighted by molar-refractivity contribution is 5.69. The molecule has 0 aliphatic carbocycles. The van der Waals surface area contributed by atoms with E-state index in [1.165, 1.54) is 0 Å². The summed E-state index contributed by atoms with van der Waals surface area (Å²) in [7, 11) is 0. The molecule has 0 aromatic carbocycles. The second kappa shape index (κ2) is 6.68. The maximum atomic E-state index is 12.5. The van der Waals surface area contributed by atoms with Gasteiger partial charge in [0, 0.05) is 25.2 Å². The van der Waals surface area contributed by atoms with Crippen LogP contribution in [0.2, 0.25) is 0 Å². The molecular weight excluding hydrogens is 290 g/mol. The number of amides is 1. The molecule has 1 amide bonds. The Labute approximate surface area is 140 Å². The molecule has 2 aliphatic rings. The van der Waals surface area contributed by atoms with Crippen molar-refractivity contribution in [2.24, 2.45) is 5.41 Å². The number of fused-ring (bicyclic) bond motifs is 2. The quantitative estimate of drug-likeness (QED) is 0.799. The summed E-state index contributed by atoms with van der Waals surface area (Å²) in [6.45, 7) is 12.6. The van der Waals surface area contributed by atoms with E-state index in [0.29, 0.717) is 6.04 Å². The molecule has 0 saturated carbocycles. The van der Waals surface area contributed by atoms with Gasteiger partial charge in [0.05, 0.1) is 11.5 Å². The summed E-state index contributed by atoms with van der Waals surface area (Å²) in [5.41, 5.74) is -0.727. The first-order chi connectivity index (χ1) is 10.6. The fourth-order valence-corrected chi connectivity index (χ4v) is 3.45. The van der Waals surface area contributed by atoms with Gasteiger partial charge in [-0.25, -0.2) is 4.79 Å². The lowest BCUT2D eigenvalue weighted by Crippen LogP contribution is -2.45. The van der Waals surface area contributed by atoms with E-state index in [9.17, 15) is 4.79 Å². The van der Waals surface area contributed by atoms with Gasteiger partial charge in [0.15, 0.2) is 0 Å². The second-order valence-electron chi connectivity index (χ2n) is 8.61. The molecule has 130 valence electrons. The van der Waals surface area contributed by atoms with E-state index in [0.717, 1.165) is 45.3 Å². The Balaban J connectivity index is 1.97. The molecule has 0 aromatic rings. The lowest BCUT2D eigenvalue weighted by Gasteiger charge is -2.31. The fourth-order valence-electron chi connectivity index (χ4n) is 3.45. The normalized spacial score (nSPS) is 25.8. The molecule has 0 radical (unpaired) electrons. The molecule has 0 N–H and O–H groups in total. The van der Waals surface area contributed by atoms with E-state index in [1.54, 1.807) is 0 Å². The van der Waals surface area contributed by atoms with Gasteiger partial charge in [-0.3, -0.25) is 0 Å². The van der Waals surface area contributed by atoms with E-state index >= 15 is 0 Å². The topological polar surface area (TPSA) is 56.6 Å². The van der Waals surface area contributed by atoms with Crippen LogP contribution in [-0.2, 0) is 4.74 Å². The number of nitriles is 1. The number of carbonyl (C=O) groups is 1. The molecule has 0 spiro atoms. The van der Waals surface area contributed by atoms with Crippen LogP contribution >= 0.6 is 0 Å². The maximum absolute atomic E-state index is 12.5. The van der Waals surface area contributed by atoms with Gasteiger partial charge >= 0.3 is 6.09 Å².